The van der Waals surface area contributed by atoms with Crippen LogP contribution in [0.4, 0.5) is 0 Å². The topological polar surface area (TPSA) is 12.5 Å². The predicted molar refractivity (Wildman–Crippen MR) is 64.9 cm³/mol. The number of rotatable bonds is 2. The first-order chi connectivity index (χ1) is 7.92. The first kappa shape index (κ1) is 10.2. The molecule has 2 heterocycles. The van der Waals surface area contributed by atoms with Gasteiger partial charge in [0.25, 0.3) is 0 Å². The number of para-hydroxylation sites is 1. The Kier molecular flexibility index (Phi) is 2.83. The van der Waals surface area contributed by atoms with Crippen LogP contribution < -0.4 is 4.74 Å². The molecule has 2 heteroatoms. The average molecular weight is 217 g/mol. The zero-order chi connectivity index (χ0) is 10.8. The van der Waals surface area contributed by atoms with Gasteiger partial charge in [-0.1, -0.05) is 24.6 Å². The minimum Gasteiger partial charge on any atom is -0.488 e. The van der Waals surface area contributed by atoms with Gasteiger partial charge in [-0.05, 0) is 37.6 Å². The highest BCUT2D eigenvalue weighted by Crippen LogP contribution is 2.28. The molecule has 1 aromatic rings. The molecule has 1 fully saturated rings. The summed E-state index contributed by atoms with van der Waals surface area (Å²) in [5, 5.41) is 0. The Labute approximate surface area is 97.2 Å². The summed E-state index contributed by atoms with van der Waals surface area (Å²) in [5.74, 6) is 1.10. The smallest absolute Gasteiger partial charge is 0.123 e. The van der Waals surface area contributed by atoms with Gasteiger partial charge in [0, 0.05) is 13.0 Å². The van der Waals surface area contributed by atoms with Crippen LogP contribution in [0.1, 0.15) is 24.8 Å². The standard InChI is InChI=1S/C14H19NO/c1-4-8-15(9-5-1)11-13-10-12-6-2-3-7-14(12)16-13/h2-3,6-7,13H,1,4-5,8-11H2. The maximum atomic E-state index is 5.97. The van der Waals surface area contributed by atoms with Gasteiger partial charge in [0.15, 0.2) is 0 Å². The van der Waals surface area contributed by atoms with Crippen molar-refractivity contribution in [2.24, 2.45) is 0 Å². The third-order valence-electron chi connectivity index (χ3n) is 3.62. The van der Waals surface area contributed by atoms with E-state index in [1.54, 1.807) is 0 Å². The third kappa shape index (κ3) is 2.07. The van der Waals surface area contributed by atoms with E-state index in [2.05, 4.69) is 29.2 Å². The summed E-state index contributed by atoms with van der Waals surface area (Å²) in [6.45, 7) is 3.63. The van der Waals surface area contributed by atoms with E-state index in [1.807, 2.05) is 0 Å². The van der Waals surface area contributed by atoms with Gasteiger partial charge < -0.3 is 4.74 Å². The zero-order valence-corrected chi connectivity index (χ0v) is 9.69. The Balaban J connectivity index is 1.59. The van der Waals surface area contributed by atoms with E-state index in [0.29, 0.717) is 6.10 Å². The third-order valence-corrected chi connectivity index (χ3v) is 3.62. The summed E-state index contributed by atoms with van der Waals surface area (Å²) >= 11 is 0. The number of hydrogen-bond donors (Lipinski definition) is 0. The Morgan fingerprint density at radius 1 is 1.12 bits per heavy atom. The van der Waals surface area contributed by atoms with E-state index in [9.17, 15) is 0 Å². The molecule has 2 aliphatic heterocycles. The number of likely N-dealkylation sites (tertiary alicyclic amines) is 1. The van der Waals surface area contributed by atoms with Crippen LogP contribution in [0, 0.1) is 0 Å². The highest BCUT2D eigenvalue weighted by atomic mass is 16.5. The minimum absolute atomic E-state index is 0.385. The van der Waals surface area contributed by atoms with Crippen LogP contribution in [0.2, 0.25) is 0 Å². The molecule has 1 atom stereocenters. The van der Waals surface area contributed by atoms with Crippen molar-refractivity contribution in [1.29, 1.82) is 0 Å². The molecule has 86 valence electrons. The fourth-order valence-corrected chi connectivity index (χ4v) is 2.79. The molecule has 0 aromatic heterocycles. The van der Waals surface area contributed by atoms with Crippen LogP contribution in [0.15, 0.2) is 24.3 Å². The van der Waals surface area contributed by atoms with Gasteiger partial charge in [0.1, 0.15) is 11.9 Å². The second-order valence-electron chi connectivity index (χ2n) is 4.91. The van der Waals surface area contributed by atoms with Crippen molar-refractivity contribution >= 4 is 0 Å². The van der Waals surface area contributed by atoms with Crippen LogP contribution >= 0.6 is 0 Å². The minimum atomic E-state index is 0.385. The van der Waals surface area contributed by atoms with E-state index in [1.165, 1.54) is 37.9 Å². The number of piperidine rings is 1. The Hall–Kier alpha value is -1.02. The Morgan fingerprint density at radius 2 is 1.94 bits per heavy atom. The summed E-state index contributed by atoms with van der Waals surface area (Å²) in [5.41, 5.74) is 1.38. The molecule has 1 aromatic carbocycles. The number of nitrogens with zero attached hydrogens (tertiary/aromatic N) is 1. The van der Waals surface area contributed by atoms with Crippen molar-refractivity contribution in [2.75, 3.05) is 19.6 Å². The van der Waals surface area contributed by atoms with Crippen LogP contribution in [-0.4, -0.2) is 30.6 Å². The van der Waals surface area contributed by atoms with Crippen molar-refractivity contribution in [1.82, 2.24) is 4.90 Å². The van der Waals surface area contributed by atoms with Crippen LogP contribution in [0.25, 0.3) is 0 Å². The molecule has 0 aliphatic carbocycles. The molecule has 0 N–H and O–H groups in total. The van der Waals surface area contributed by atoms with Crippen molar-refractivity contribution in [3.8, 4) is 5.75 Å². The first-order valence-electron chi connectivity index (χ1n) is 6.39. The highest BCUT2D eigenvalue weighted by molar-refractivity contribution is 5.37. The molecule has 3 rings (SSSR count). The molecule has 0 radical (unpaired) electrons. The Bertz CT molecular complexity index is 333. The SMILES string of the molecule is c1ccc2c(c1)CC(CN1CCCCC1)O2. The maximum absolute atomic E-state index is 5.97. The van der Waals surface area contributed by atoms with Crippen LogP contribution in [0.3, 0.4) is 0 Å². The lowest BCUT2D eigenvalue weighted by Gasteiger charge is -2.28. The second kappa shape index (κ2) is 4.46. The summed E-state index contributed by atoms with van der Waals surface area (Å²) in [7, 11) is 0. The molecular formula is C14H19NO. The normalized spacial score (nSPS) is 25.1. The van der Waals surface area contributed by atoms with Crippen LogP contribution in [0.5, 0.6) is 5.75 Å². The van der Waals surface area contributed by atoms with Gasteiger partial charge in [-0.25, -0.2) is 0 Å². The van der Waals surface area contributed by atoms with Crippen LogP contribution in [-0.2, 0) is 6.42 Å². The lowest BCUT2D eigenvalue weighted by atomic mass is 10.1. The monoisotopic (exact) mass is 217 g/mol. The van der Waals surface area contributed by atoms with Gasteiger partial charge >= 0.3 is 0 Å². The predicted octanol–water partition coefficient (Wildman–Crippen LogP) is 2.48. The lowest BCUT2D eigenvalue weighted by molar-refractivity contribution is 0.134. The molecule has 16 heavy (non-hydrogen) atoms. The summed E-state index contributed by atoms with van der Waals surface area (Å²) in [6, 6.07) is 8.44. The average Bonchev–Trinajstić information content (AvgIpc) is 2.72. The largest absolute Gasteiger partial charge is 0.488 e. The fraction of sp³-hybridized carbons (Fsp3) is 0.571. The van der Waals surface area contributed by atoms with Gasteiger partial charge in [-0.15, -0.1) is 0 Å². The number of hydrogen-bond acceptors (Lipinski definition) is 2. The quantitative estimate of drug-likeness (QED) is 0.754. The van der Waals surface area contributed by atoms with E-state index < -0.39 is 0 Å². The van der Waals surface area contributed by atoms with Gasteiger partial charge in [-0.3, -0.25) is 4.90 Å². The number of fused-ring (bicyclic) bond motifs is 1. The summed E-state index contributed by atoms with van der Waals surface area (Å²) < 4.78 is 5.97. The van der Waals surface area contributed by atoms with Gasteiger partial charge in [0.2, 0.25) is 0 Å². The molecule has 0 bridgehead atoms. The van der Waals surface area contributed by atoms with E-state index >= 15 is 0 Å². The fourth-order valence-electron chi connectivity index (χ4n) is 2.79. The number of ether oxygens (including phenoxy) is 1. The van der Waals surface area contributed by atoms with E-state index in [-0.39, 0.29) is 0 Å². The molecule has 1 saturated heterocycles. The van der Waals surface area contributed by atoms with Crippen molar-refractivity contribution in [3.05, 3.63) is 29.8 Å². The number of benzene rings is 1. The molecule has 0 spiro atoms. The van der Waals surface area contributed by atoms with E-state index in [0.717, 1.165) is 18.7 Å². The molecule has 2 aliphatic rings. The maximum Gasteiger partial charge on any atom is 0.123 e. The van der Waals surface area contributed by atoms with Crippen molar-refractivity contribution < 1.29 is 4.74 Å². The molecule has 2 nitrogen and oxygen atoms in total. The second-order valence-corrected chi connectivity index (χ2v) is 4.91. The lowest BCUT2D eigenvalue weighted by Crippen LogP contribution is -2.38. The van der Waals surface area contributed by atoms with Gasteiger partial charge in [-0.2, -0.15) is 0 Å². The molecule has 0 saturated carbocycles. The summed E-state index contributed by atoms with van der Waals surface area (Å²) in [6.07, 6.45) is 5.60. The van der Waals surface area contributed by atoms with Gasteiger partial charge in [0.05, 0.1) is 0 Å². The zero-order valence-electron chi connectivity index (χ0n) is 9.69. The van der Waals surface area contributed by atoms with Crippen molar-refractivity contribution in [3.63, 3.8) is 0 Å². The summed E-state index contributed by atoms with van der Waals surface area (Å²) in [4.78, 5) is 2.56. The van der Waals surface area contributed by atoms with E-state index in [4.69, 9.17) is 4.74 Å². The molecule has 0 amide bonds. The highest BCUT2D eigenvalue weighted by Gasteiger charge is 2.24. The first-order valence-corrected chi connectivity index (χ1v) is 6.39. The molecule has 1 unspecified atom stereocenters. The van der Waals surface area contributed by atoms with Crippen molar-refractivity contribution in [2.45, 2.75) is 31.8 Å². The molecular weight excluding hydrogens is 198 g/mol. The Morgan fingerprint density at radius 3 is 2.75 bits per heavy atom.